The van der Waals surface area contributed by atoms with Crippen LogP contribution in [0.5, 0.6) is 0 Å². The largest absolute Gasteiger partial charge is 0.293 e. The highest BCUT2D eigenvalue weighted by Gasteiger charge is 2.16. The van der Waals surface area contributed by atoms with Crippen molar-refractivity contribution >= 4 is 17.5 Å². The molecular formula is C19H20N4OS. The molecule has 0 unspecified atom stereocenters. The quantitative estimate of drug-likeness (QED) is 0.515. The first-order chi connectivity index (χ1) is 12.0. The monoisotopic (exact) mass is 352 g/mol. The van der Waals surface area contributed by atoms with Crippen molar-refractivity contribution in [3.63, 3.8) is 0 Å². The molecule has 0 saturated heterocycles. The fourth-order valence-electron chi connectivity index (χ4n) is 2.94. The minimum atomic E-state index is 0.0958. The number of ketones is 1. The molecule has 0 aliphatic heterocycles. The first kappa shape index (κ1) is 17.4. The first-order valence-electron chi connectivity index (χ1n) is 8.05. The molecule has 2 aromatic carbocycles. The van der Waals surface area contributed by atoms with Crippen LogP contribution in [-0.4, -0.2) is 31.7 Å². The van der Waals surface area contributed by atoms with Crippen molar-refractivity contribution in [3.05, 3.63) is 64.2 Å². The van der Waals surface area contributed by atoms with E-state index in [-0.39, 0.29) is 5.78 Å². The van der Waals surface area contributed by atoms with E-state index in [9.17, 15) is 4.79 Å². The van der Waals surface area contributed by atoms with Gasteiger partial charge in [0, 0.05) is 5.56 Å². The summed E-state index contributed by atoms with van der Waals surface area (Å²) in [6.07, 6.45) is 0. The molecule has 0 atom stereocenters. The van der Waals surface area contributed by atoms with Gasteiger partial charge in [0.1, 0.15) is 0 Å². The van der Waals surface area contributed by atoms with Crippen LogP contribution in [-0.2, 0) is 0 Å². The van der Waals surface area contributed by atoms with Crippen LogP contribution in [0.25, 0.3) is 5.69 Å². The summed E-state index contributed by atoms with van der Waals surface area (Å²) >= 11 is 1.35. The van der Waals surface area contributed by atoms with E-state index in [1.165, 1.54) is 22.9 Å². The van der Waals surface area contributed by atoms with E-state index >= 15 is 0 Å². The standard InChI is InChI=1S/C19H20N4OS/c1-12-5-7-16(8-6-12)23-19(20-21-22-23)25-11-17(24)18-14(3)9-13(2)10-15(18)4/h5-10H,11H2,1-4H3. The summed E-state index contributed by atoms with van der Waals surface area (Å²) in [5.74, 6) is 0.398. The summed E-state index contributed by atoms with van der Waals surface area (Å²) in [6.45, 7) is 8.03. The highest BCUT2D eigenvalue weighted by Crippen LogP contribution is 2.23. The number of thioether (sulfide) groups is 1. The Hall–Kier alpha value is -2.47. The third-order valence-corrected chi connectivity index (χ3v) is 4.93. The summed E-state index contributed by atoms with van der Waals surface area (Å²) in [6, 6.07) is 12.0. The Morgan fingerprint density at radius 1 is 1.00 bits per heavy atom. The molecule has 0 radical (unpaired) electrons. The summed E-state index contributed by atoms with van der Waals surface area (Å²) < 4.78 is 1.66. The minimum absolute atomic E-state index is 0.0958. The van der Waals surface area contributed by atoms with Gasteiger partial charge in [-0.25, -0.2) is 0 Å². The van der Waals surface area contributed by atoms with E-state index in [0.717, 1.165) is 22.4 Å². The van der Waals surface area contributed by atoms with Gasteiger partial charge in [0.05, 0.1) is 11.4 Å². The van der Waals surface area contributed by atoms with Crippen LogP contribution in [0.2, 0.25) is 0 Å². The number of tetrazole rings is 1. The molecule has 0 bridgehead atoms. The number of hydrogen-bond acceptors (Lipinski definition) is 5. The summed E-state index contributed by atoms with van der Waals surface area (Å²) in [7, 11) is 0. The van der Waals surface area contributed by atoms with Crippen LogP contribution in [0.1, 0.15) is 32.6 Å². The SMILES string of the molecule is Cc1ccc(-n2nnnc2SCC(=O)c2c(C)cc(C)cc2C)cc1. The lowest BCUT2D eigenvalue weighted by Crippen LogP contribution is -2.09. The van der Waals surface area contributed by atoms with Gasteiger partial charge in [0.15, 0.2) is 5.78 Å². The van der Waals surface area contributed by atoms with Gasteiger partial charge < -0.3 is 0 Å². The Bertz CT molecular complexity index is 892. The van der Waals surface area contributed by atoms with E-state index in [2.05, 4.69) is 15.5 Å². The number of aromatic nitrogens is 4. The Labute approximate surface area is 151 Å². The summed E-state index contributed by atoms with van der Waals surface area (Å²) in [5, 5.41) is 12.4. The molecule has 0 amide bonds. The van der Waals surface area contributed by atoms with Crippen molar-refractivity contribution in [2.24, 2.45) is 0 Å². The number of benzene rings is 2. The molecule has 3 aromatic rings. The van der Waals surface area contributed by atoms with E-state index < -0.39 is 0 Å². The molecule has 0 spiro atoms. The second-order valence-electron chi connectivity index (χ2n) is 6.19. The van der Waals surface area contributed by atoms with E-state index in [1.807, 2.05) is 64.1 Å². The van der Waals surface area contributed by atoms with Gasteiger partial charge in [0.2, 0.25) is 5.16 Å². The van der Waals surface area contributed by atoms with Crippen molar-refractivity contribution in [1.29, 1.82) is 0 Å². The van der Waals surface area contributed by atoms with E-state index in [0.29, 0.717) is 10.9 Å². The second kappa shape index (κ2) is 7.19. The normalized spacial score (nSPS) is 10.9. The Kier molecular flexibility index (Phi) is 4.99. The van der Waals surface area contributed by atoms with Crippen LogP contribution in [0.4, 0.5) is 0 Å². The Balaban J connectivity index is 1.78. The zero-order valence-corrected chi connectivity index (χ0v) is 15.6. The molecular weight excluding hydrogens is 332 g/mol. The molecule has 6 heteroatoms. The molecule has 1 heterocycles. The van der Waals surface area contributed by atoms with Crippen molar-refractivity contribution in [1.82, 2.24) is 20.2 Å². The lowest BCUT2D eigenvalue weighted by Gasteiger charge is -2.10. The highest BCUT2D eigenvalue weighted by atomic mass is 32.2. The number of aryl methyl sites for hydroxylation is 4. The summed E-state index contributed by atoms with van der Waals surface area (Å²) in [4.78, 5) is 12.7. The van der Waals surface area contributed by atoms with Crippen molar-refractivity contribution < 1.29 is 4.79 Å². The zero-order chi connectivity index (χ0) is 18.0. The maximum Gasteiger partial charge on any atom is 0.214 e. The molecule has 0 N–H and O–H groups in total. The van der Waals surface area contributed by atoms with Gasteiger partial charge in [-0.3, -0.25) is 4.79 Å². The van der Waals surface area contributed by atoms with Crippen LogP contribution in [0.3, 0.4) is 0 Å². The van der Waals surface area contributed by atoms with Crippen LogP contribution in [0, 0.1) is 27.7 Å². The lowest BCUT2D eigenvalue weighted by atomic mass is 9.97. The maximum absolute atomic E-state index is 12.7. The van der Waals surface area contributed by atoms with Crippen LogP contribution in [0.15, 0.2) is 41.6 Å². The van der Waals surface area contributed by atoms with Crippen molar-refractivity contribution in [2.75, 3.05) is 5.75 Å². The fraction of sp³-hybridized carbons (Fsp3) is 0.263. The second-order valence-corrected chi connectivity index (χ2v) is 7.14. The van der Waals surface area contributed by atoms with Gasteiger partial charge in [-0.2, -0.15) is 4.68 Å². The average Bonchev–Trinajstić information content (AvgIpc) is 3.01. The topological polar surface area (TPSA) is 60.7 Å². The number of carbonyl (C=O) groups excluding carboxylic acids is 1. The number of rotatable bonds is 5. The zero-order valence-electron chi connectivity index (χ0n) is 14.8. The van der Waals surface area contributed by atoms with Gasteiger partial charge in [-0.15, -0.1) is 5.10 Å². The fourth-order valence-corrected chi connectivity index (χ4v) is 3.70. The van der Waals surface area contributed by atoms with Gasteiger partial charge >= 0.3 is 0 Å². The van der Waals surface area contributed by atoms with E-state index in [4.69, 9.17) is 0 Å². The molecule has 128 valence electrons. The summed E-state index contributed by atoms with van der Waals surface area (Å²) in [5.41, 5.74) is 6.05. The van der Waals surface area contributed by atoms with Crippen molar-refractivity contribution in [3.8, 4) is 5.69 Å². The molecule has 0 saturated carbocycles. The average molecular weight is 352 g/mol. The molecule has 25 heavy (non-hydrogen) atoms. The number of nitrogens with zero attached hydrogens (tertiary/aromatic N) is 4. The van der Waals surface area contributed by atoms with Gasteiger partial charge in [0.25, 0.3) is 0 Å². The molecule has 5 nitrogen and oxygen atoms in total. The Morgan fingerprint density at radius 3 is 2.28 bits per heavy atom. The highest BCUT2D eigenvalue weighted by molar-refractivity contribution is 7.99. The molecule has 3 rings (SSSR count). The van der Waals surface area contributed by atoms with Gasteiger partial charge in [-0.1, -0.05) is 47.2 Å². The Morgan fingerprint density at radius 2 is 1.64 bits per heavy atom. The first-order valence-corrected chi connectivity index (χ1v) is 9.03. The molecule has 0 aliphatic carbocycles. The van der Waals surface area contributed by atoms with E-state index in [1.54, 1.807) is 4.68 Å². The number of hydrogen-bond donors (Lipinski definition) is 0. The third-order valence-electron chi connectivity index (χ3n) is 4.01. The minimum Gasteiger partial charge on any atom is -0.293 e. The maximum atomic E-state index is 12.7. The van der Waals surface area contributed by atoms with Crippen molar-refractivity contribution in [2.45, 2.75) is 32.9 Å². The van der Waals surface area contributed by atoms with Crippen LogP contribution >= 0.6 is 11.8 Å². The number of Topliss-reactive ketones (excluding diaryl/α,β-unsaturated/α-hetero) is 1. The molecule has 0 fully saturated rings. The smallest absolute Gasteiger partial charge is 0.214 e. The predicted molar refractivity (Wildman–Crippen MR) is 99.6 cm³/mol. The predicted octanol–water partition coefficient (Wildman–Crippen LogP) is 3.87. The third kappa shape index (κ3) is 3.79. The number of carbonyl (C=O) groups is 1. The molecule has 0 aliphatic rings. The lowest BCUT2D eigenvalue weighted by molar-refractivity contribution is 0.102. The van der Waals surface area contributed by atoms with Crippen LogP contribution < -0.4 is 0 Å². The molecule has 1 aromatic heterocycles. The van der Waals surface area contributed by atoms with Gasteiger partial charge in [-0.05, 0) is 61.4 Å².